The second-order valence-corrected chi connectivity index (χ2v) is 5.46. The van der Waals surface area contributed by atoms with Gasteiger partial charge in [0.1, 0.15) is 0 Å². The van der Waals surface area contributed by atoms with Gasteiger partial charge in [0.15, 0.2) is 18.1 Å². The van der Waals surface area contributed by atoms with E-state index in [-0.39, 0.29) is 12.5 Å². The molecule has 132 valence electrons. The van der Waals surface area contributed by atoms with Crippen LogP contribution in [-0.4, -0.2) is 32.9 Å². The Morgan fingerprint density at radius 1 is 1.12 bits per heavy atom. The van der Waals surface area contributed by atoms with Crippen molar-refractivity contribution in [2.75, 3.05) is 20.8 Å². The number of halogens is 1. The van der Waals surface area contributed by atoms with Crippen molar-refractivity contribution in [3.8, 4) is 11.5 Å². The van der Waals surface area contributed by atoms with E-state index in [0.717, 1.165) is 11.1 Å². The molecule has 0 fully saturated rings. The first-order valence-electron chi connectivity index (χ1n) is 7.51. The molecule has 0 bridgehead atoms. The monoisotopic (exact) mass is 362 g/mol. The standard InChI is InChI=1S/C18H19ClN2O4/c1-23-16-8-5-14(9-17(16)24-2)10-20-18(22)12-25-21-11-13-3-6-15(19)7-4-13/h3-9,11H,10,12H2,1-2H3,(H,20,22)/b21-11+. The quantitative estimate of drug-likeness (QED) is 0.579. The number of rotatable bonds is 8. The highest BCUT2D eigenvalue weighted by atomic mass is 35.5. The predicted molar refractivity (Wildman–Crippen MR) is 96.4 cm³/mol. The highest BCUT2D eigenvalue weighted by Crippen LogP contribution is 2.27. The third kappa shape index (κ3) is 6.00. The van der Waals surface area contributed by atoms with E-state index in [9.17, 15) is 4.79 Å². The molecule has 2 rings (SSSR count). The zero-order valence-electron chi connectivity index (χ0n) is 14.0. The minimum absolute atomic E-state index is 0.169. The Labute approximate surface area is 151 Å². The smallest absolute Gasteiger partial charge is 0.261 e. The Kier molecular flexibility index (Phi) is 7.10. The molecular weight excluding hydrogens is 344 g/mol. The molecule has 0 atom stereocenters. The molecule has 0 aliphatic heterocycles. The third-order valence-corrected chi connectivity index (χ3v) is 3.53. The zero-order valence-corrected chi connectivity index (χ0v) is 14.7. The van der Waals surface area contributed by atoms with Crippen molar-refractivity contribution in [3.63, 3.8) is 0 Å². The van der Waals surface area contributed by atoms with Gasteiger partial charge in [0.05, 0.1) is 20.4 Å². The molecule has 1 N–H and O–H groups in total. The number of carbonyl (C=O) groups excluding carboxylic acids is 1. The molecule has 0 aliphatic rings. The number of hydrogen-bond acceptors (Lipinski definition) is 5. The lowest BCUT2D eigenvalue weighted by Crippen LogP contribution is -2.26. The minimum atomic E-state index is -0.275. The number of nitrogens with one attached hydrogen (secondary N) is 1. The fraction of sp³-hybridized carbons (Fsp3) is 0.222. The summed E-state index contributed by atoms with van der Waals surface area (Å²) < 4.78 is 10.4. The van der Waals surface area contributed by atoms with Crippen LogP contribution in [0, 0.1) is 0 Å². The van der Waals surface area contributed by atoms with Gasteiger partial charge < -0.3 is 19.6 Å². The molecule has 0 spiro atoms. The van der Waals surface area contributed by atoms with Gasteiger partial charge >= 0.3 is 0 Å². The molecular formula is C18H19ClN2O4. The van der Waals surface area contributed by atoms with E-state index >= 15 is 0 Å². The normalized spacial score (nSPS) is 10.5. The van der Waals surface area contributed by atoms with Crippen molar-refractivity contribution < 1.29 is 19.1 Å². The number of hydrogen-bond donors (Lipinski definition) is 1. The minimum Gasteiger partial charge on any atom is -0.493 e. The lowest BCUT2D eigenvalue weighted by atomic mass is 10.2. The number of carbonyl (C=O) groups is 1. The van der Waals surface area contributed by atoms with Crippen LogP contribution in [0.5, 0.6) is 11.5 Å². The van der Waals surface area contributed by atoms with Gasteiger partial charge in [0.2, 0.25) is 0 Å². The first-order valence-corrected chi connectivity index (χ1v) is 7.88. The van der Waals surface area contributed by atoms with E-state index < -0.39 is 0 Å². The maximum atomic E-state index is 11.8. The van der Waals surface area contributed by atoms with E-state index in [0.29, 0.717) is 23.1 Å². The van der Waals surface area contributed by atoms with Crippen molar-refractivity contribution in [1.29, 1.82) is 0 Å². The second kappa shape index (κ2) is 9.54. The molecule has 7 heteroatoms. The molecule has 0 radical (unpaired) electrons. The van der Waals surface area contributed by atoms with Crippen molar-refractivity contribution in [2.45, 2.75) is 6.54 Å². The summed E-state index contributed by atoms with van der Waals surface area (Å²) in [4.78, 5) is 16.7. The maximum absolute atomic E-state index is 11.8. The number of oxime groups is 1. The number of nitrogens with zero attached hydrogens (tertiary/aromatic N) is 1. The van der Waals surface area contributed by atoms with E-state index in [4.69, 9.17) is 25.9 Å². The molecule has 0 aromatic heterocycles. The highest BCUT2D eigenvalue weighted by Gasteiger charge is 2.06. The number of methoxy groups -OCH3 is 2. The summed E-state index contributed by atoms with van der Waals surface area (Å²) in [5.74, 6) is 0.971. The zero-order chi connectivity index (χ0) is 18.1. The summed E-state index contributed by atoms with van der Waals surface area (Å²) in [6.45, 7) is 0.181. The van der Waals surface area contributed by atoms with E-state index in [1.165, 1.54) is 6.21 Å². The Morgan fingerprint density at radius 2 is 1.84 bits per heavy atom. The van der Waals surface area contributed by atoms with E-state index in [1.807, 2.05) is 6.07 Å². The fourth-order valence-electron chi connectivity index (χ4n) is 1.99. The third-order valence-electron chi connectivity index (χ3n) is 3.28. The Bertz CT molecular complexity index is 732. The van der Waals surface area contributed by atoms with Gasteiger partial charge in [0.25, 0.3) is 5.91 Å². The van der Waals surface area contributed by atoms with Gasteiger partial charge in [-0.15, -0.1) is 0 Å². The van der Waals surface area contributed by atoms with Gasteiger partial charge in [0, 0.05) is 11.6 Å². The van der Waals surface area contributed by atoms with Crippen LogP contribution < -0.4 is 14.8 Å². The van der Waals surface area contributed by atoms with Gasteiger partial charge in [-0.3, -0.25) is 4.79 Å². The maximum Gasteiger partial charge on any atom is 0.261 e. The lowest BCUT2D eigenvalue weighted by Gasteiger charge is -2.10. The summed E-state index contributed by atoms with van der Waals surface area (Å²) in [5.41, 5.74) is 1.71. The Hall–Kier alpha value is -2.73. The lowest BCUT2D eigenvalue weighted by molar-refractivity contribution is -0.125. The molecule has 1 amide bonds. The van der Waals surface area contributed by atoms with Crippen LogP contribution in [0.1, 0.15) is 11.1 Å². The SMILES string of the molecule is COc1ccc(CNC(=O)CO/N=C/c2ccc(Cl)cc2)cc1OC. The molecule has 25 heavy (non-hydrogen) atoms. The molecule has 0 unspecified atom stereocenters. The van der Waals surface area contributed by atoms with Crippen molar-refractivity contribution in [3.05, 3.63) is 58.6 Å². The first-order chi connectivity index (χ1) is 12.1. The Balaban J connectivity index is 1.76. The largest absolute Gasteiger partial charge is 0.493 e. The van der Waals surface area contributed by atoms with Crippen molar-refractivity contribution >= 4 is 23.7 Å². The summed E-state index contributed by atoms with van der Waals surface area (Å²) in [7, 11) is 3.13. The van der Waals surface area contributed by atoms with Crippen molar-refractivity contribution in [1.82, 2.24) is 5.32 Å². The van der Waals surface area contributed by atoms with Crippen LogP contribution in [0.25, 0.3) is 0 Å². The van der Waals surface area contributed by atoms with E-state index in [1.54, 1.807) is 50.6 Å². The molecule has 6 nitrogen and oxygen atoms in total. The number of amides is 1. The first kappa shape index (κ1) is 18.6. The van der Waals surface area contributed by atoms with E-state index in [2.05, 4.69) is 10.5 Å². The molecule has 0 saturated carbocycles. The van der Waals surface area contributed by atoms with Gasteiger partial charge in [-0.25, -0.2) is 0 Å². The number of ether oxygens (including phenoxy) is 2. The topological polar surface area (TPSA) is 69.2 Å². The van der Waals surface area contributed by atoms with Crippen LogP contribution in [0.15, 0.2) is 47.6 Å². The Morgan fingerprint density at radius 3 is 2.52 bits per heavy atom. The molecule has 2 aromatic carbocycles. The van der Waals surface area contributed by atoms with Crippen LogP contribution in [0.2, 0.25) is 5.02 Å². The van der Waals surface area contributed by atoms with Crippen LogP contribution in [0.4, 0.5) is 0 Å². The van der Waals surface area contributed by atoms with Gasteiger partial charge in [-0.1, -0.05) is 35.0 Å². The highest BCUT2D eigenvalue weighted by molar-refractivity contribution is 6.30. The second-order valence-electron chi connectivity index (χ2n) is 5.03. The molecule has 0 saturated heterocycles. The number of benzene rings is 2. The molecule has 0 aliphatic carbocycles. The average Bonchev–Trinajstić information content (AvgIpc) is 2.64. The summed E-state index contributed by atoms with van der Waals surface area (Å²) in [6.07, 6.45) is 1.51. The van der Waals surface area contributed by atoms with Crippen LogP contribution in [-0.2, 0) is 16.2 Å². The molecule has 0 heterocycles. The predicted octanol–water partition coefficient (Wildman–Crippen LogP) is 3.02. The van der Waals surface area contributed by atoms with Gasteiger partial charge in [-0.05, 0) is 35.4 Å². The van der Waals surface area contributed by atoms with Gasteiger partial charge in [-0.2, -0.15) is 0 Å². The average molecular weight is 363 g/mol. The van der Waals surface area contributed by atoms with Crippen molar-refractivity contribution in [2.24, 2.45) is 5.16 Å². The van der Waals surface area contributed by atoms with Crippen LogP contribution >= 0.6 is 11.6 Å². The summed E-state index contributed by atoms with van der Waals surface area (Å²) >= 11 is 5.79. The fourth-order valence-corrected chi connectivity index (χ4v) is 2.11. The summed E-state index contributed by atoms with van der Waals surface area (Å²) in [6, 6.07) is 12.5. The molecule has 2 aromatic rings. The summed E-state index contributed by atoms with van der Waals surface area (Å²) in [5, 5.41) is 7.14. The van der Waals surface area contributed by atoms with Crippen LogP contribution in [0.3, 0.4) is 0 Å².